The number of halogens is 1. The molecule has 0 atom stereocenters. The number of rotatable bonds is 5. The lowest BCUT2D eigenvalue weighted by molar-refractivity contribution is 0.184. The van der Waals surface area contributed by atoms with Crippen molar-refractivity contribution < 1.29 is 9.47 Å². The van der Waals surface area contributed by atoms with Gasteiger partial charge in [0.1, 0.15) is 0 Å². The van der Waals surface area contributed by atoms with Gasteiger partial charge < -0.3 is 9.47 Å². The van der Waals surface area contributed by atoms with E-state index >= 15 is 0 Å². The zero-order chi connectivity index (χ0) is 10.4. The van der Waals surface area contributed by atoms with E-state index < -0.39 is 0 Å². The summed E-state index contributed by atoms with van der Waals surface area (Å²) in [6.45, 7) is 1.31. The van der Waals surface area contributed by atoms with Crippen molar-refractivity contribution in [2.75, 3.05) is 20.8 Å². The summed E-state index contributed by atoms with van der Waals surface area (Å²) in [6, 6.07) is 5.97. The van der Waals surface area contributed by atoms with Gasteiger partial charge in [0.15, 0.2) is 0 Å². The van der Waals surface area contributed by atoms with Crippen LogP contribution in [0.3, 0.4) is 0 Å². The maximum Gasteiger partial charge on any atom is 0.0713 e. The molecule has 1 aromatic rings. The Balaban J connectivity index is 2.73. The van der Waals surface area contributed by atoms with E-state index in [4.69, 9.17) is 21.1 Å². The lowest BCUT2D eigenvalue weighted by atomic mass is 10.1. The molecule has 0 aromatic heterocycles. The fourth-order valence-electron chi connectivity index (χ4n) is 1.33. The molecule has 0 saturated carbocycles. The van der Waals surface area contributed by atoms with Crippen molar-refractivity contribution >= 4 is 11.6 Å². The van der Waals surface area contributed by atoms with E-state index in [2.05, 4.69) is 6.07 Å². The molecule has 78 valence electrons. The smallest absolute Gasteiger partial charge is 0.0713 e. The molecule has 1 aromatic carbocycles. The molecule has 1 rings (SSSR count). The molecule has 0 radical (unpaired) electrons. The standard InChI is InChI=1S/C11H15ClO2/c1-13-4-3-9-5-10(8-14-2)7-11(12)6-9/h5-7H,3-4,8H2,1-2H3. The Bertz CT molecular complexity index is 287. The van der Waals surface area contributed by atoms with Crippen LogP contribution in [0.2, 0.25) is 5.02 Å². The van der Waals surface area contributed by atoms with Gasteiger partial charge in [0.05, 0.1) is 13.2 Å². The predicted molar refractivity (Wildman–Crippen MR) is 57.7 cm³/mol. The predicted octanol–water partition coefficient (Wildman–Crippen LogP) is 2.68. The molecule has 0 N–H and O–H groups in total. The Labute approximate surface area is 89.8 Å². The topological polar surface area (TPSA) is 18.5 Å². The van der Waals surface area contributed by atoms with Crippen LogP contribution in [-0.2, 0) is 22.5 Å². The average molecular weight is 215 g/mol. The minimum Gasteiger partial charge on any atom is -0.384 e. The fraction of sp³-hybridized carbons (Fsp3) is 0.455. The molecule has 3 heteroatoms. The molecular formula is C11H15ClO2. The van der Waals surface area contributed by atoms with E-state index in [1.807, 2.05) is 12.1 Å². The molecule has 0 aliphatic heterocycles. The summed E-state index contributed by atoms with van der Waals surface area (Å²) in [5.74, 6) is 0. The van der Waals surface area contributed by atoms with Gasteiger partial charge in [-0.15, -0.1) is 0 Å². The largest absolute Gasteiger partial charge is 0.384 e. The first-order chi connectivity index (χ1) is 6.76. The number of benzene rings is 1. The van der Waals surface area contributed by atoms with Gasteiger partial charge in [-0.05, 0) is 29.7 Å². The van der Waals surface area contributed by atoms with Crippen molar-refractivity contribution in [3.63, 3.8) is 0 Å². The van der Waals surface area contributed by atoms with Gasteiger partial charge in [-0.3, -0.25) is 0 Å². The summed E-state index contributed by atoms with van der Waals surface area (Å²) in [5, 5.41) is 0.755. The Morgan fingerprint density at radius 1 is 1.07 bits per heavy atom. The van der Waals surface area contributed by atoms with Crippen LogP contribution < -0.4 is 0 Å². The maximum absolute atomic E-state index is 5.97. The molecule has 0 fully saturated rings. The Morgan fingerprint density at radius 3 is 2.43 bits per heavy atom. The molecule has 2 nitrogen and oxygen atoms in total. The zero-order valence-corrected chi connectivity index (χ0v) is 9.30. The molecular weight excluding hydrogens is 200 g/mol. The van der Waals surface area contributed by atoms with E-state index in [9.17, 15) is 0 Å². The van der Waals surface area contributed by atoms with Crippen molar-refractivity contribution in [2.24, 2.45) is 0 Å². The van der Waals surface area contributed by atoms with Gasteiger partial charge in [-0.1, -0.05) is 17.7 Å². The van der Waals surface area contributed by atoms with Crippen LogP contribution in [0.25, 0.3) is 0 Å². The van der Waals surface area contributed by atoms with Crippen LogP contribution in [0.5, 0.6) is 0 Å². The van der Waals surface area contributed by atoms with Crippen LogP contribution in [0.4, 0.5) is 0 Å². The fourth-order valence-corrected chi connectivity index (χ4v) is 1.61. The first-order valence-corrected chi connectivity index (χ1v) is 4.90. The van der Waals surface area contributed by atoms with Crippen molar-refractivity contribution in [3.8, 4) is 0 Å². The first kappa shape index (κ1) is 11.5. The lowest BCUT2D eigenvalue weighted by Gasteiger charge is -2.05. The summed E-state index contributed by atoms with van der Waals surface area (Å²) in [7, 11) is 3.37. The highest BCUT2D eigenvalue weighted by atomic mass is 35.5. The van der Waals surface area contributed by atoms with Gasteiger partial charge in [0.2, 0.25) is 0 Å². The second-order valence-electron chi connectivity index (χ2n) is 3.14. The average Bonchev–Trinajstić information content (AvgIpc) is 2.14. The quantitative estimate of drug-likeness (QED) is 0.751. The summed E-state index contributed by atoms with van der Waals surface area (Å²) >= 11 is 5.97. The molecule has 14 heavy (non-hydrogen) atoms. The second-order valence-corrected chi connectivity index (χ2v) is 3.58. The molecule has 0 heterocycles. The van der Waals surface area contributed by atoms with Gasteiger partial charge in [0, 0.05) is 19.2 Å². The monoisotopic (exact) mass is 214 g/mol. The van der Waals surface area contributed by atoms with Crippen LogP contribution in [0.15, 0.2) is 18.2 Å². The zero-order valence-electron chi connectivity index (χ0n) is 8.55. The third-order valence-electron chi connectivity index (χ3n) is 1.92. The van der Waals surface area contributed by atoms with E-state index in [0.29, 0.717) is 13.2 Å². The normalized spacial score (nSPS) is 10.5. The number of ether oxygens (including phenoxy) is 2. The minimum absolute atomic E-state index is 0.598. The summed E-state index contributed by atoms with van der Waals surface area (Å²) in [4.78, 5) is 0. The third kappa shape index (κ3) is 3.66. The molecule has 0 saturated heterocycles. The highest BCUT2D eigenvalue weighted by Gasteiger charge is 1.99. The van der Waals surface area contributed by atoms with Crippen LogP contribution in [0, 0.1) is 0 Å². The minimum atomic E-state index is 0.598. The maximum atomic E-state index is 5.97. The third-order valence-corrected chi connectivity index (χ3v) is 2.14. The van der Waals surface area contributed by atoms with E-state index in [-0.39, 0.29) is 0 Å². The van der Waals surface area contributed by atoms with Crippen LogP contribution in [0.1, 0.15) is 11.1 Å². The molecule has 0 aliphatic carbocycles. The van der Waals surface area contributed by atoms with Crippen molar-refractivity contribution in [3.05, 3.63) is 34.3 Å². The highest BCUT2D eigenvalue weighted by molar-refractivity contribution is 6.30. The Morgan fingerprint density at radius 2 is 1.79 bits per heavy atom. The van der Waals surface area contributed by atoms with Gasteiger partial charge >= 0.3 is 0 Å². The number of hydrogen-bond donors (Lipinski definition) is 0. The Hall–Kier alpha value is -0.570. The summed E-state index contributed by atoms with van der Waals surface area (Å²) in [6.07, 6.45) is 0.883. The number of methoxy groups -OCH3 is 2. The molecule has 0 aliphatic rings. The number of hydrogen-bond acceptors (Lipinski definition) is 2. The molecule has 0 spiro atoms. The van der Waals surface area contributed by atoms with Crippen LogP contribution >= 0.6 is 11.6 Å². The Kier molecular flexibility index (Phi) is 4.94. The van der Waals surface area contributed by atoms with E-state index in [1.54, 1.807) is 14.2 Å². The summed E-state index contributed by atoms with van der Waals surface area (Å²) < 4.78 is 10.1. The van der Waals surface area contributed by atoms with Crippen LogP contribution in [-0.4, -0.2) is 20.8 Å². The van der Waals surface area contributed by atoms with Crippen molar-refractivity contribution in [1.29, 1.82) is 0 Å². The van der Waals surface area contributed by atoms with Crippen molar-refractivity contribution in [1.82, 2.24) is 0 Å². The lowest BCUT2D eigenvalue weighted by Crippen LogP contribution is -1.96. The van der Waals surface area contributed by atoms with E-state index in [1.165, 1.54) is 5.56 Å². The summed E-state index contributed by atoms with van der Waals surface area (Å²) in [5.41, 5.74) is 2.29. The highest BCUT2D eigenvalue weighted by Crippen LogP contribution is 2.16. The molecule has 0 amide bonds. The second kappa shape index (κ2) is 6.02. The SMILES string of the molecule is COCCc1cc(Cl)cc(COC)c1. The van der Waals surface area contributed by atoms with Crippen molar-refractivity contribution in [2.45, 2.75) is 13.0 Å². The van der Waals surface area contributed by atoms with E-state index in [0.717, 1.165) is 17.0 Å². The molecule has 0 bridgehead atoms. The van der Waals surface area contributed by atoms with Gasteiger partial charge in [-0.25, -0.2) is 0 Å². The molecule has 0 unspecified atom stereocenters. The van der Waals surface area contributed by atoms with Gasteiger partial charge in [-0.2, -0.15) is 0 Å². The first-order valence-electron chi connectivity index (χ1n) is 4.52. The van der Waals surface area contributed by atoms with Gasteiger partial charge in [0.25, 0.3) is 0 Å².